The summed E-state index contributed by atoms with van der Waals surface area (Å²) in [6, 6.07) is 16.8. The van der Waals surface area contributed by atoms with Crippen LogP contribution in [0, 0.1) is 0 Å². The van der Waals surface area contributed by atoms with Crippen LogP contribution in [-0.4, -0.2) is 13.6 Å². The van der Waals surface area contributed by atoms with E-state index in [0.29, 0.717) is 16.0 Å². The Morgan fingerprint density at radius 1 is 1.05 bits per heavy atom. The molecule has 0 aliphatic heterocycles. The fourth-order valence-electron chi connectivity index (χ4n) is 3.49. The Morgan fingerprint density at radius 3 is 2.38 bits per heavy atom. The molecule has 0 unspecified atom stereocenters. The van der Waals surface area contributed by atoms with Crippen LogP contribution in [0.2, 0.25) is 10.0 Å². The average molecular weight is 320 g/mol. The first kappa shape index (κ1) is 14.9. The molecule has 1 nitrogen and oxygen atoms in total. The lowest BCUT2D eigenvalue weighted by atomic mass is 9.57. The van der Waals surface area contributed by atoms with E-state index in [2.05, 4.69) is 41.7 Å². The normalized spacial score (nSPS) is 24.6. The Morgan fingerprint density at radius 2 is 1.76 bits per heavy atom. The number of rotatable bonds is 4. The Hall–Kier alpha value is -1.02. The first-order chi connectivity index (χ1) is 10.1. The van der Waals surface area contributed by atoms with Crippen molar-refractivity contribution in [1.82, 2.24) is 5.32 Å². The smallest absolute Gasteiger partial charge is 0.0595 e. The Kier molecular flexibility index (Phi) is 4.26. The van der Waals surface area contributed by atoms with Crippen molar-refractivity contribution in [3.63, 3.8) is 0 Å². The van der Waals surface area contributed by atoms with E-state index < -0.39 is 0 Å². The van der Waals surface area contributed by atoms with Gasteiger partial charge in [-0.2, -0.15) is 0 Å². The van der Waals surface area contributed by atoms with Gasteiger partial charge in [-0.25, -0.2) is 0 Å². The monoisotopic (exact) mass is 319 g/mol. The fourth-order valence-corrected chi connectivity index (χ4v) is 3.79. The molecule has 3 rings (SSSR count). The molecular formula is C18H19Cl2N. The van der Waals surface area contributed by atoms with Crippen molar-refractivity contribution < 1.29 is 0 Å². The highest BCUT2D eigenvalue weighted by molar-refractivity contribution is 6.42. The first-order valence-corrected chi connectivity index (χ1v) is 8.05. The summed E-state index contributed by atoms with van der Waals surface area (Å²) in [6.07, 6.45) is 2.30. The molecule has 2 aromatic carbocycles. The highest BCUT2D eigenvalue weighted by Crippen LogP contribution is 2.52. The maximum absolute atomic E-state index is 6.20. The number of halogens is 2. The molecule has 0 aromatic heterocycles. The van der Waals surface area contributed by atoms with E-state index in [1.165, 1.54) is 11.1 Å². The van der Waals surface area contributed by atoms with Gasteiger partial charge in [-0.3, -0.25) is 0 Å². The molecule has 0 bridgehead atoms. The predicted octanol–water partition coefficient (Wildman–Crippen LogP) is 5.03. The lowest BCUT2D eigenvalue weighted by Gasteiger charge is -2.49. The first-order valence-electron chi connectivity index (χ1n) is 7.30. The Balaban J connectivity index is 1.85. The number of hydrogen-bond donors (Lipinski definition) is 1. The third-order valence-corrected chi connectivity index (χ3v) is 5.33. The van der Waals surface area contributed by atoms with Gasteiger partial charge in [0.1, 0.15) is 0 Å². The molecule has 1 saturated carbocycles. The lowest BCUT2D eigenvalue weighted by Crippen LogP contribution is -2.47. The van der Waals surface area contributed by atoms with Gasteiger partial charge in [0, 0.05) is 12.0 Å². The number of likely N-dealkylation sites (N-methyl/N-ethyl adjacent to an activating group) is 1. The third-order valence-electron chi connectivity index (χ3n) is 4.59. The Labute approximate surface area is 136 Å². The van der Waals surface area contributed by atoms with Crippen LogP contribution < -0.4 is 5.32 Å². The quantitative estimate of drug-likeness (QED) is 0.833. The highest BCUT2D eigenvalue weighted by atomic mass is 35.5. The standard InChI is InChI=1S/C18H19Cl2N/c1-21-12-18(15-7-8-16(19)17(20)9-15)10-14(11-18)13-5-3-2-4-6-13/h2-9,14,21H,10-12H2,1H3. The van der Waals surface area contributed by atoms with Gasteiger partial charge in [0.25, 0.3) is 0 Å². The fraction of sp³-hybridized carbons (Fsp3) is 0.333. The predicted molar refractivity (Wildman–Crippen MR) is 90.5 cm³/mol. The molecule has 0 spiro atoms. The van der Waals surface area contributed by atoms with Crippen LogP contribution >= 0.6 is 23.2 Å². The molecule has 0 radical (unpaired) electrons. The van der Waals surface area contributed by atoms with Crippen LogP contribution in [0.3, 0.4) is 0 Å². The van der Waals surface area contributed by atoms with Gasteiger partial charge in [-0.15, -0.1) is 0 Å². The van der Waals surface area contributed by atoms with Gasteiger partial charge in [-0.1, -0.05) is 59.6 Å². The molecule has 1 fully saturated rings. The van der Waals surface area contributed by atoms with E-state index in [-0.39, 0.29) is 5.41 Å². The SMILES string of the molecule is CNCC1(c2ccc(Cl)c(Cl)c2)CC(c2ccccc2)C1. The second-order valence-corrected chi connectivity index (χ2v) is 6.77. The average Bonchev–Trinajstić information content (AvgIpc) is 2.46. The minimum atomic E-state index is 0.170. The molecule has 2 aromatic rings. The highest BCUT2D eigenvalue weighted by Gasteiger charge is 2.45. The van der Waals surface area contributed by atoms with Crippen molar-refractivity contribution in [2.45, 2.75) is 24.2 Å². The van der Waals surface area contributed by atoms with E-state index in [4.69, 9.17) is 23.2 Å². The summed E-state index contributed by atoms with van der Waals surface area (Å²) in [5.41, 5.74) is 2.89. The minimum Gasteiger partial charge on any atom is -0.319 e. The van der Waals surface area contributed by atoms with Crippen molar-refractivity contribution in [3.05, 3.63) is 69.7 Å². The van der Waals surface area contributed by atoms with E-state index in [9.17, 15) is 0 Å². The second-order valence-electron chi connectivity index (χ2n) is 5.96. The summed E-state index contributed by atoms with van der Waals surface area (Å²) in [6.45, 7) is 0.967. The summed E-state index contributed by atoms with van der Waals surface area (Å²) in [5, 5.41) is 4.61. The van der Waals surface area contributed by atoms with E-state index >= 15 is 0 Å². The zero-order valence-corrected chi connectivity index (χ0v) is 13.6. The summed E-state index contributed by atoms with van der Waals surface area (Å²) in [7, 11) is 2.01. The minimum absolute atomic E-state index is 0.170. The molecule has 1 N–H and O–H groups in total. The molecular weight excluding hydrogens is 301 g/mol. The molecule has 0 atom stereocenters. The molecule has 21 heavy (non-hydrogen) atoms. The van der Waals surface area contributed by atoms with E-state index in [1.54, 1.807) is 0 Å². The number of nitrogens with one attached hydrogen (secondary N) is 1. The van der Waals surface area contributed by atoms with Crippen molar-refractivity contribution in [1.29, 1.82) is 0 Å². The van der Waals surface area contributed by atoms with Gasteiger partial charge < -0.3 is 5.32 Å². The van der Waals surface area contributed by atoms with Crippen LogP contribution in [-0.2, 0) is 5.41 Å². The summed E-state index contributed by atoms with van der Waals surface area (Å²) < 4.78 is 0. The maximum atomic E-state index is 6.20. The zero-order chi connectivity index (χ0) is 14.9. The zero-order valence-electron chi connectivity index (χ0n) is 12.1. The van der Waals surface area contributed by atoms with Crippen LogP contribution in [0.15, 0.2) is 48.5 Å². The van der Waals surface area contributed by atoms with Crippen LogP contribution in [0.5, 0.6) is 0 Å². The molecule has 0 saturated heterocycles. The maximum Gasteiger partial charge on any atom is 0.0595 e. The van der Waals surface area contributed by atoms with E-state index in [1.807, 2.05) is 19.2 Å². The largest absolute Gasteiger partial charge is 0.319 e. The number of benzene rings is 2. The van der Waals surface area contributed by atoms with E-state index in [0.717, 1.165) is 19.4 Å². The van der Waals surface area contributed by atoms with Gasteiger partial charge in [0.15, 0.2) is 0 Å². The molecule has 3 heteroatoms. The van der Waals surface area contributed by atoms with Crippen molar-refractivity contribution in [3.8, 4) is 0 Å². The van der Waals surface area contributed by atoms with Gasteiger partial charge in [0.05, 0.1) is 10.0 Å². The molecule has 1 aliphatic carbocycles. The molecule has 110 valence electrons. The molecule has 1 aliphatic rings. The van der Waals surface area contributed by atoms with Crippen LogP contribution in [0.4, 0.5) is 0 Å². The third kappa shape index (κ3) is 2.83. The molecule has 0 amide bonds. The summed E-state index contributed by atoms with van der Waals surface area (Å²) in [5.74, 6) is 0.633. The Bertz CT molecular complexity index is 618. The van der Waals surface area contributed by atoms with Crippen molar-refractivity contribution >= 4 is 23.2 Å². The van der Waals surface area contributed by atoms with Crippen LogP contribution in [0.25, 0.3) is 0 Å². The lowest BCUT2D eigenvalue weighted by molar-refractivity contribution is 0.198. The molecule has 0 heterocycles. The van der Waals surface area contributed by atoms with Crippen molar-refractivity contribution in [2.24, 2.45) is 0 Å². The second kappa shape index (κ2) is 6.00. The topological polar surface area (TPSA) is 12.0 Å². The number of hydrogen-bond acceptors (Lipinski definition) is 1. The summed E-state index contributed by atoms with van der Waals surface area (Å²) in [4.78, 5) is 0. The van der Waals surface area contributed by atoms with Gasteiger partial charge >= 0.3 is 0 Å². The van der Waals surface area contributed by atoms with Gasteiger partial charge in [0.2, 0.25) is 0 Å². The van der Waals surface area contributed by atoms with Crippen molar-refractivity contribution in [2.75, 3.05) is 13.6 Å². The van der Waals surface area contributed by atoms with Crippen LogP contribution in [0.1, 0.15) is 29.9 Å². The summed E-state index contributed by atoms with van der Waals surface area (Å²) >= 11 is 12.2. The van der Waals surface area contributed by atoms with Gasteiger partial charge in [-0.05, 0) is 49.1 Å².